The maximum Gasteiger partial charge on any atom is 0.0662 e. The van der Waals surface area contributed by atoms with Gasteiger partial charge in [-0.15, -0.1) is 0 Å². The molecule has 0 amide bonds. The molecule has 3 atom stereocenters. The van der Waals surface area contributed by atoms with Crippen LogP contribution in [0.3, 0.4) is 0 Å². The van der Waals surface area contributed by atoms with Crippen molar-refractivity contribution in [1.29, 1.82) is 0 Å². The van der Waals surface area contributed by atoms with Crippen molar-refractivity contribution < 1.29 is 29.5 Å². The van der Waals surface area contributed by atoms with Crippen molar-refractivity contribution in [2.45, 2.75) is 201 Å². The summed E-state index contributed by atoms with van der Waals surface area (Å²) in [5.41, 5.74) is -1.87. The Kier molecular flexibility index (Phi) is 20.3. The van der Waals surface area contributed by atoms with Gasteiger partial charge in [-0.05, 0) is 134 Å². The third kappa shape index (κ3) is 22.2. The van der Waals surface area contributed by atoms with E-state index in [4.69, 9.17) is 14.2 Å². The van der Waals surface area contributed by atoms with Gasteiger partial charge < -0.3 is 45.5 Å². The molecular weight excluding hydrogens is 594 g/mol. The Morgan fingerprint density at radius 1 is 0.489 bits per heavy atom. The topological polar surface area (TPSA) is 124 Å². The molecule has 0 aromatic heterocycles. The van der Waals surface area contributed by atoms with Crippen LogP contribution in [0.4, 0.5) is 0 Å². The minimum Gasteiger partial charge on any atom is -0.392 e. The van der Waals surface area contributed by atoms with Gasteiger partial charge in [0.15, 0.2) is 0 Å². The van der Waals surface area contributed by atoms with Gasteiger partial charge in [-0.3, -0.25) is 0 Å². The Bertz CT molecular complexity index is 784. The molecule has 0 aliphatic heterocycles. The number of aliphatic hydroxyl groups excluding tert-OH is 3. The van der Waals surface area contributed by atoms with Crippen molar-refractivity contribution in [3.8, 4) is 0 Å². The average molecular weight is 676 g/mol. The average Bonchev–Trinajstić information content (AvgIpc) is 2.95. The van der Waals surface area contributed by atoms with Gasteiger partial charge in [0.05, 0.1) is 41.7 Å². The molecule has 0 rings (SSSR count). The summed E-state index contributed by atoms with van der Waals surface area (Å²) in [6.45, 7) is 35.3. The number of hydrogen-bond donors (Lipinski definition) is 6. The van der Waals surface area contributed by atoms with E-state index in [1.165, 1.54) is 0 Å². The Morgan fingerprint density at radius 2 is 0.809 bits per heavy atom. The quantitative estimate of drug-likeness (QED) is 0.0596. The van der Waals surface area contributed by atoms with Crippen molar-refractivity contribution in [2.24, 2.45) is 5.92 Å². The van der Waals surface area contributed by atoms with Crippen LogP contribution >= 0.6 is 0 Å². The van der Waals surface area contributed by atoms with Crippen LogP contribution in [0.2, 0.25) is 0 Å². The van der Waals surface area contributed by atoms with Crippen molar-refractivity contribution >= 4 is 0 Å². The lowest BCUT2D eigenvalue weighted by molar-refractivity contribution is -0.135. The van der Waals surface area contributed by atoms with Crippen molar-refractivity contribution in [1.82, 2.24) is 16.0 Å². The highest BCUT2D eigenvalue weighted by atomic mass is 16.5. The molecule has 0 spiro atoms. The first-order valence-corrected chi connectivity index (χ1v) is 18.5. The molecule has 0 fully saturated rings. The van der Waals surface area contributed by atoms with E-state index >= 15 is 0 Å². The van der Waals surface area contributed by atoms with E-state index in [0.29, 0.717) is 45.9 Å². The van der Waals surface area contributed by atoms with Gasteiger partial charge in [0.2, 0.25) is 0 Å². The Balaban J connectivity index is 5.69. The molecule has 47 heavy (non-hydrogen) atoms. The highest BCUT2D eigenvalue weighted by molar-refractivity contribution is 4.92. The molecule has 0 saturated carbocycles. The monoisotopic (exact) mass is 676 g/mol. The van der Waals surface area contributed by atoms with Crippen molar-refractivity contribution in [3.63, 3.8) is 0 Å². The fourth-order valence-corrected chi connectivity index (χ4v) is 5.36. The molecule has 6 N–H and O–H groups in total. The minimum absolute atomic E-state index is 0.126. The molecule has 9 heteroatoms. The van der Waals surface area contributed by atoms with E-state index in [1.54, 1.807) is 0 Å². The van der Waals surface area contributed by atoms with Crippen LogP contribution in [0.5, 0.6) is 0 Å². The first-order valence-electron chi connectivity index (χ1n) is 18.5. The Labute approximate surface area is 291 Å². The van der Waals surface area contributed by atoms with Crippen LogP contribution in [0.25, 0.3) is 0 Å². The van der Waals surface area contributed by atoms with Crippen molar-refractivity contribution in [2.75, 3.05) is 39.5 Å². The van der Waals surface area contributed by atoms with E-state index in [1.807, 2.05) is 20.8 Å². The van der Waals surface area contributed by atoms with Gasteiger partial charge in [0.25, 0.3) is 0 Å². The molecule has 284 valence electrons. The summed E-state index contributed by atoms with van der Waals surface area (Å²) in [7, 11) is 0. The van der Waals surface area contributed by atoms with Crippen LogP contribution in [-0.2, 0) is 14.2 Å². The molecule has 0 bridgehead atoms. The highest BCUT2D eigenvalue weighted by Crippen LogP contribution is 2.38. The first kappa shape index (κ1) is 46.6. The molecule has 0 aliphatic carbocycles. The molecule has 0 aromatic carbocycles. The van der Waals surface area contributed by atoms with E-state index in [2.05, 4.69) is 99.0 Å². The van der Waals surface area contributed by atoms with Crippen LogP contribution < -0.4 is 16.0 Å². The zero-order chi connectivity index (χ0) is 36.7. The maximum absolute atomic E-state index is 10.1. The maximum atomic E-state index is 10.1. The summed E-state index contributed by atoms with van der Waals surface area (Å²) in [6.07, 6.45) is 4.36. The van der Waals surface area contributed by atoms with E-state index in [-0.39, 0.29) is 40.8 Å². The number of nitrogens with one attached hydrogen (secondary N) is 3. The fourth-order valence-electron chi connectivity index (χ4n) is 5.36. The zero-order valence-electron chi connectivity index (χ0n) is 33.6. The predicted octanol–water partition coefficient (Wildman–Crippen LogP) is 5.97. The van der Waals surface area contributed by atoms with E-state index < -0.39 is 16.8 Å². The largest absolute Gasteiger partial charge is 0.392 e. The standard InChI is InChI=1S/C38H81N3O6/c1-16-30(42)25-39-33(4,5)19-21-45-36(10,11)23-29(38(14,15)47-28-35(8,9)41-27-32(44)18-3)24-37(12,13)46-22-20-34(6,7)40-26-31(43)17-2/h29-32,39-44H,16-28H2,1-15H3. The summed E-state index contributed by atoms with van der Waals surface area (Å²) < 4.78 is 19.9. The molecule has 3 unspecified atom stereocenters. The van der Waals surface area contributed by atoms with Crippen LogP contribution in [0, 0.1) is 5.92 Å². The van der Waals surface area contributed by atoms with Crippen LogP contribution in [0.1, 0.15) is 149 Å². The number of β-amino-alcohol motifs (C(OH)–C–C–N with tert-alkyl or cyclic N) is 3. The number of rotatable bonds is 28. The molecular formula is C38H81N3O6. The van der Waals surface area contributed by atoms with Crippen molar-refractivity contribution in [3.05, 3.63) is 0 Å². The SMILES string of the molecule is CCC(O)CNC(C)(C)CCOC(C)(C)CC(CC(C)(C)OCCC(C)(C)NCC(O)CC)C(C)(C)OCC(C)(C)NCC(O)CC. The number of aliphatic hydroxyl groups is 3. The number of ether oxygens (including phenoxy) is 3. The molecule has 0 radical (unpaired) electrons. The Morgan fingerprint density at radius 3 is 1.13 bits per heavy atom. The van der Waals surface area contributed by atoms with Gasteiger partial charge in [0, 0.05) is 49.5 Å². The summed E-state index contributed by atoms with van der Waals surface area (Å²) in [4.78, 5) is 0. The van der Waals surface area contributed by atoms with Gasteiger partial charge in [-0.2, -0.15) is 0 Å². The van der Waals surface area contributed by atoms with Crippen LogP contribution in [0.15, 0.2) is 0 Å². The first-order chi connectivity index (χ1) is 21.3. The number of hydrogen-bond acceptors (Lipinski definition) is 9. The lowest BCUT2D eigenvalue weighted by Crippen LogP contribution is -2.51. The normalized spacial score (nSPS) is 16.7. The van der Waals surface area contributed by atoms with Crippen LogP contribution in [-0.4, -0.2) is 107 Å². The molecule has 0 aromatic rings. The van der Waals surface area contributed by atoms with Gasteiger partial charge in [0.1, 0.15) is 0 Å². The molecule has 0 aliphatic rings. The van der Waals surface area contributed by atoms with Gasteiger partial charge >= 0.3 is 0 Å². The smallest absolute Gasteiger partial charge is 0.0662 e. The summed E-state index contributed by atoms with van der Waals surface area (Å²) >= 11 is 0. The zero-order valence-corrected chi connectivity index (χ0v) is 33.6. The fraction of sp³-hybridized carbons (Fsp3) is 1.00. The second-order valence-corrected chi connectivity index (χ2v) is 17.7. The van der Waals surface area contributed by atoms with E-state index in [9.17, 15) is 15.3 Å². The molecule has 0 saturated heterocycles. The summed E-state index contributed by atoms with van der Waals surface area (Å²) in [5.74, 6) is 0.126. The molecule has 0 heterocycles. The lowest BCUT2D eigenvalue weighted by atomic mass is 9.76. The second-order valence-electron chi connectivity index (χ2n) is 17.7. The van der Waals surface area contributed by atoms with Gasteiger partial charge in [-0.25, -0.2) is 0 Å². The molecule has 9 nitrogen and oxygen atoms in total. The predicted molar refractivity (Wildman–Crippen MR) is 197 cm³/mol. The summed E-state index contributed by atoms with van der Waals surface area (Å²) in [6, 6.07) is 0. The second kappa shape index (κ2) is 20.5. The van der Waals surface area contributed by atoms with Gasteiger partial charge in [-0.1, -0.05) is 20.8 Å². The lowest BCUT2D eigenvalue weighted by Gasteiger charge is -2.44. The minimum atomic E-state index is -0.474. The highest BCUT2D eigenvalue weighted by Gasteiger charge is 2.40. The summed E-state index contributed by atoms with van der Waals surface area (Å²) in [5, 5.41) is 40.6. The third-order valence-electron chi connectivity index (χ3n) is 9.57. The third-order valence-corrected chi connectivity index (χ3v) is 9.57. The van der Waals surface area contributed by atoms with E-state index in [0.717, 1.165) is 38.5 Å². The Hall–Kier alpha value is -0.360.